The zero-order valence-electron chi connectivity index (χ0n) is 9.36. The van der Waals surface area contributed by atoms with E-state index in [1.54, 1.807) is 6.07 Å². The predicted octanol–water partition coefficient (Wildman–Crippen LogP) is 1.19. The molecule has 16 heavy (non-hydrogen) atoms. The second-order valence-corrected chi connectivity index (χ2v) is 3.96. The third kappa shape index (κ3) is 2.92. The number of hydrogen-bond donors (Lipinski definition) is 2. The summed E-state index contributed by atoms with van der Waals surface area (Å²) in [6.07, 6.45) is 4.71. The minimum atomic E-state index is -0.136. The van der Waals surface area contributed by atoms with Gasteiger partial charge in [0, 0.05) is 18.7 Å². The summed E-state index contributed by atoms with van der Waals surface area (Å²) in [6.45, 7) is 2.69. The topological polar surface area (TPSA) is 66.9 Å². The van der Waals surface area contributed by atoms with E-state index >= 15 is 0 Å². The zero-order valence-corrected chi connectivity index (χ0v) is 9.36. The molecule has 5 nitrogen and oxygen atoms in total. The van der Waals surface area contributed by atoms with Gasteiger partial charge < -0.3 is 10.6 Å². The lowest BCUT2D eigenvalue weighted by Gasteiger charge is -2.05. The van der Waals surface area contributed by atoms with Crippen LogP contribution in [0.25, 0.3) is 0 Å². The third-order valence-corrected chi connectivity index (χ3v) is 2.36. The van der Waals surface area contributed by atoms with Gasteiger partial charge in [0.2, 0.25) is 0 Å². The highest BCUT2D eigenvalue weighted by molar-refractivity contribution is 5.92. The summed E-state index contributed by atoms with van der Waals surface area (Å²) in [4.78, 5) is 19.7. The summed E-state index contributed by atoms with van der Waals surface area (Å²) in [6, 6.07) is 2.23. The van der Waals surface area contributed by atoms with Crippen molar-refractivity contribution in [3.63, 3.8) is 0 Å². The van der Waals surface area contributed by atoms with Gasteiger partial charge >= 0.3 is 0 Å². The Hall–Kier alpha value is -1.65. The summed E-state index contributed by atoms with van der Waals surface area (Å²) in [5, 5.41) is 6.02. The van der Waals surface area contributed by atoms with Gasteiger partial charge in [-0.1, -0.05) is 6.92 Å². The van der Waals surface area contributed by atoms with Crippen molar-refractivity contribution in [2.75, 3.05) is 11.9 Å². The summed E-state index contributed by atoms with van der Waals surface area (Å²) in [7, 11) is 0. The molecule has 0 aliphatic heterocycles. The number of anilines is 1. The van der Waals surface area contributed by atoms with Crippen LogP contribution in [0.4, 0.5) is 5.82 Å². The second kappa shape index (κ2) is 4.92. The van der Waals surface area contributed by atoms with Crippen LogP contribution in [0.5, 0.6) is 0 Å². The van der Waals surface area contributed by atoms with Crippen molar-refractivity contribution in [2.24, 2.45) is 0 Å². The van der Waals surface area contributed by atoms with Gasteiger partial charge in [-0.3, -0.25) is 4.79 Å². The maximum atomic E-state index is 11.6. The van der Waals surface area contributed by atoms with E-state index in [0.717, 1.165) is 12.2 Å². The molecule has 2 rings (SSSR count). The molecule has 1 aromatic rings. The Morgan fingerprint density at radius 3 is 3.00 bits per heavy atom. The van der Waals surface area contributed by atoms with Crippen molar-refractivity contribution >= 4 is 11.7 Å². The van der Waals surface area contributed by atoms with Crippen molar-refractivity contribution in [1.82, 2.24) is 15.3 Å². The smallest absolute Gasteiger partial charge is 0.270 e. The number of amides is 1. The highest BCUT2D eigenvalue weighted by atomic mass is 16.1. The monoisotopic (exact) mass is 220 g/mol. The van der Waals surface area contributed by atoms with Crippen LogP contribution in [-0.2, 0) is 0 Å². The van der Waals surface area contributed by atoms with E-state index in [4.69, 9.17) is 0 Å². The summed E-state index contributed by atoms with van der Waals surface area (Å²) >= 11 is 0. The van der Waals surface area contributed by atoms with E-state index in [0.29, 0.717) is 18.3 Å². The normalized spacial score (nSPS) is 14.6. The van der Waals surface area contributed by atoms with Crippen LogP contribution in [0.1, 0.15) is 36.7 Å². The first-order valence-corrected chi connectivity index (χ1v) is 5.66. The fourth-order valence-electron chi connectivity index (χ4n) is 1.33. The number of nitrogens with one attached hydrogen (secondary N) is 2. The van der Waals surface area contributed by atoms with E-state index in [1.807, 2.05) is 6.92 Å². The van der Waals surface area contributed by atoms with Crippen molar-refractivity contribution in [2.45, 2.75) is 32.2 Å². The molecular weight excluding hydrogens is 204 g/mol. The molecule has 0 bridgehead atoms. The van der Waals surface area contributed by atoms with E-state index < -0.39 is 0 Å². The fourth-order valence-corrected chi connectivity index (χ4v) is 1.33. The molecule has 0 aromatic carbocycles. The van der Waals surface area contributed by atoms with Gasteiger partial charge in [0.05, 0.1) is 0 Å². The van der Waals surface area contributed by atoms with Crippen LogP contribution in [0.3, 0.4) is 0 Å². The van der Waals surface area contributed by atoms with Crippen LogP contribution in [0.2, 0.25) is 0 Å². The molecule has 0 unspecified atom stereocenters. The number of hydrogen-bond acceptors (Lipinski definition) is 4. The number of aromatic nitrogens is 2. The van der Waals surface area contributed by atoms with Crippen molar-refractivity contribution in [1.29, 1.82) is 0 Å². The highest BCUT2D eigenvalue weighted by Crippen LogP contribution is 2.23. The van der Waals surface area contributed by atoms with Crippen LogP contribution in [0.15, 0.2) is 12.4 Å². The molecule has 1 fully saturated rings. The standard InChI is InChI=1S/C11H16N4O/c1-2-5-12-11(16)9-6-10(14-7-13-9)15-8-3-4-8/h6-8H,2-5H2,1H3,(H,12,16)(H,13,14,15). The van der Waals surface area contributed by atoms with E-state index in [-0.39, 0.29) is 5.91 Å². The molecule has 1 heterocycles. The lowest BCUT2D eigenvalue weighted by molar-refractivity contribution is 0.0948. The third-order valence-electron chi connectivity index (χ3n) is 2.36. The first-order valence-electron chi connectivity index (χ1n) is 5.66. The molecule has 2 N–H and O–H groups in total. The quantitative estimate of drug-likeness (QED) is 0.782. The minimum Gasteiger partial charge on any atom is -0.367 e. The fraction of sp³-hybridized carbons (Fsp3) is 0.545. The molecule has 1 amide bonds. The summed E-state index contributed by atoms with van der Waals surface area (Å²) in [5.74, 6) is 0.599. The number of nitrogens with zero attached hydrogens (tertiary/aromatic N) is 2. The Kier molecular flexibility index (Phi) is 3.34. The molecule has 0 radical (unpaired) electrons. The van der Waals surface area contributed by atoms with Gasteiger partial charge in [0.15, 0.2) is 0 Å². The Bertz CT molecular complexity index is 376. The molecule has 5 heteroatoms. The zero-order chi connectivity index (χ0) is 11.4. The highest BCUT2D eigenvalue weighted by Gasteiger charge is 2.21. The van der Waals surface area contributed by atoms with Gasteiger partial charge in [-0.2, -0.15) is 0 Å². The first kappa shape index (κ1) is 10.9. The van der Waals surface area contributed by atoms with Gasteiger partial charge in [-0.25, -0.2) is 9.97 Å². The molecule has 0 saturated heterocycles. The largest absolute Gasteiger partial charge is 0.367 e. The van der Waals surface area contributed by atoms with E-state index in [1.165, 1.54) is 19.2 Å². The molecule has 1 aliphatic carbocycles. The minimum absolute atomic E-state index is 0.136. The van der Waals surface area contributed by atoms with Gasteiger partial charge in [0.25, 0.3) is 5.91 Å². The van der Waals surface area contributed by atoms with Gasteiger partial charge in [-0.05, 0) is 19.3 Å². The maximum absolute atomic E-state index is 11.6. The molecule has 1 aromatic heterocycles. The lowest BCUT2D eigenvalue weighted by Crippen LogP contribution is -2.25. The number of rotatable bonds is 5. The first-order chi connectivity index (χ1) is 7.79. The van der Waals surface area contributed by atoms with E-state index in [2.05, 4.69) is 20.6 Å². The molecule has 86 valence electrons. The molecule has 0 spiro atoms. The average Bonchev–Trinajstić information content (AvgIpc) is 3.10. The molecule has 0 atom stereocenters. The predicted molar refractivity (Wildman–Crippen MR) is 61.3 cm³/mol. The molecule has 1 saturated carbocycles. The number of carbonyl (C=O) groups excluding carboxylic acids is 1. The molecule has 1 aliphatic rings. The van der Waals surface area contributed by atoms with Crippen molar-refractivity contribution in [3.05, 3.63) is 18.1 Å². The maximum Gasteiger partial charge on any atom is 0.270 e. The lowest BCUT2D eigenvalue weighted by atomic mass is 10.3. The Morgan fingerprint density at radius 1 is 1.50 bits per heavy atom. The van der Waals surface area contributed by atoms with Crippen LogP contribution < -0.4 is 10.6 Å². The average molecular weight is 220 g/mol. The van der Waals surface area contributed by atoms with Crippen LogP contribution in [0, 0.1) is 0 Å². The van der Waals surface area contributed by atoms with E-state index in [9.17, 15) is 4.79 Å². The Balaban J connectivity index is 1.99. The summed E-state index contributed by atoms with van der Waals surface area (Å²) < 4.78 is 0. The van der Waals surface area contributed by atoms with Crippen LogP contribution >= 0.6 is 0 Å². The summed E-state index contributed by atoms with van der Waals surface area (Å²) in [5.41, 5.74) is 0.423. The van der Waals surface area contributed by atoms with Gasteiger partial charge in [-0.15, -0.1) is 0 Å². The Labute approximate surface area is 94.7 Å². The van der Waals surface area contributed by atoms with Crippen LogP contribution in [-0.4, -0.2) is 28.5 Å². The second-order valence-electron chi connectivity index (χ2n) is 3.96. The van der Waals surface area contributed by atoms with Crippen molar-refractivity contribution < 1.29 is 4.79 Å². The Morgan fingerprint density at radius 2 is 2.31 bits per heavy atom. The van der Waals surface area contributed by atoms with Crippen molar-refractivity contribution in [3.8, 4) is 0 Å². The molecular formula is C11H16N4O. The SMILES string of the molecule is CCCNC(=O)c1cc(NC2CC2)ncn1. The number of carbonyl (C=O) groups is 1. The van der Waals surface area contributed by atoms with Gasteiger partial charge in [0.1, 0.15) is 17.8 Å².